The summed E-state index contributed by atoms with van der Waals surface area (Å²) in [7, 11) is 0. The minimum absolute atomic E-state index is 0.00851. The van der Waals surface area contributed by atoms with E-state index in [0.717, 1.165) is 5.56 Å². The van der Waals surface area contributed by atoms with Gasteiger partial charge in [0.05, 0.1) is 13.2 Å². The zero-order chi connectivity index (χ0) is 22.2. The van der Waals surface area contributed by atoms with Gasteiger partial charge in [0.25, 0.3) is 0 Å². The van der Waals surface area contributed by atoms with E-state index in [0.29, 0.717) is 5.75 Å². The predicted molar refractivity (Wildman–Crippen MR) is 115 cm³/mol. The quantitative estimate of drug-likeness (QED) is 0.415. The summed E-state index contributed by atoms with van der Waals surface area (Å²) < 4.78 is 26.5. The summed E-state index contributed by atoms with van der Waals surface area (Å²) in [6, 6.07) is 17.7. The molecular weight excluding hydrogens is 399 g/mol. The van der Waals surface area contributed by atoms with Gasteiger partial charge in [0.1, 0.15) is 29.5 Å². The number of ether oxygens (including phenoxy) is 2. The summed E-state index contributed by atoms with van der Waals surface area (Å²) in [4.78, 5) is 13.0. The number of hydrogen-bond acceptors (Lipinski definition) is 5. The predicted octanol–water partition coefficient (Wildman–Crippen LogP) is 4.43. The molecule has 5 nitrogen and oxygen atoms in total. The lowest BCUT2D eigenvalue weighted by Crippen LogP contribution is -2.16. The van der Waals surface area contributed by atoms with Gasteiger partial charge in [-0.3, -0.25) is 0 Å². The number of carbonyl (C=O) groups is 1. The van der Waals surface area contributed by atoms with Crippen LogP contribution in [0.15, 0.2) is 66.7 Å². The molecule has 0 aliphatic heterocycles. The van der Waals surface area contributed by atoms with E-state index in [-0.39, 0.29) is 41.2 Å². The maximum atomic E-state index is 15.1. The van der Waals surface area contributed by atoms with Crippen molar-refractivity contribution in [3.63, 3.8) is 0 Å². The smallest absolute Gasteiger partial charge is 0.347 e. The Morgan fingerprint density at radius 3 is 2.29 bits per heavy atom. The topological polar surface area (TPSA) is 76.0 Å². The molecule has 2 N–H and O–H groups in total. The van der Waals surface area contributed by atoms with E-state index >= 15 is 4.39 Å². The average Bonchev–Trinajstić information content (AvgIpc) is 2.79. The van der Waals surface area contributed by atoms with Crippen molar-refractivity contribution >= 4 is 12.0 Å². The van der Waals surface area contributed by atoms with Crippen LogP contribution in [0.25, 0.3) is 6.08 Å². The SMILES string of the molecule is Cc1c(F)c(CO)c(/C=C/CO)c(OCc2ccccc2)c1C(=O)Oc1ccccc1. The first-order valence-electron chi connectivity index (χ1n) is 9.74. The zero-order valence-electron chi connectivity index (χ0n) is 17.0. The van der Waals surface area contributed by atoms with E-state index in [1.54, 1.807) is 30.3 Å². The first kappa shape index (κ1) is 22.2. The fourth-order valence-electron chi connectivity index (χ4n) is 3.17. The Hall–Kier alpha value is -3.48. The number of para-hydroxylation sites is 1. The van der Waals surface area contributed by atoms with Crippen LogP contribution in [-0.4, -0.2) is 22.8 Å². The van der Waals surface area contributed by atoms with Crippen molar-refractivity contribution < 1.29 is 28.9 Å². The second-order valence-corrected chi connectivity index (χ2v) is 6.76. The maximum Gasteiger partial charge on any atom is 0.347 e. The van der Waals surface area contributed by atoms with Crippen LogP contribution in [0.3, 0.4) is 0 Å². The molecule has 31 heavy (non-hydrogen) atoms. The monoisotopic (exact) mass is 422 g/mol. The number of benzene rings is 3. The Bertz CT molecular complexity index is 1060. The van der Waals surface area contributed by atoms with Crippen LogP contribution in [0.5, 0.6) is 11.5 Å². The third-order valence-corrected chi connectivity index (χ3v) is 4.70. The molecule has 3 aromatic carbocycles. The van der Waals surface area contributed by atoms with Crippen LogP contribution in [0.1, 0.15) is 32.6 Å². The molecule has 0 fully saturated rings. The molecule has 0 saturated heterocycles. The molecule has 0 bridgehead atoms. The number of aliphatic hydroxyl groups is 2. The van der Waals surface area contributed by atoms with E-state index in [1.807, 2.05) is 30.3 Å². The van der Waals surface area contributed by atoms with Crippen LogP contribution in [0, 0.1) is 12.7 Å². The van der Waals surface area contributed by atoms with E-state index in [9.17, 15) is 15.0 Å². The molecule has 0 saturated carbocycles. The number of esters is 1. The fourth-order valence-corrected chi connectivity index (χ4v) is 3.17. The van der Waals surface area contributed by atoms with Gasteiger partial charge in [-0.2, -0.15) is 0 Å². The van der Waals surface area contributed by atoms with Crippen molar-refractivity contribution in [2.75, 3.05) is 6.61 Å². The van der Waals surface area contributed by atoms with Crippen LogP contribution in [0.4, 0.5) is 4.39 Å². The highest BCUT2D eigenvalue weighted by atomic mass is 19.1. The third-order valence-electron chi connectivity index (χ3n) is 4.70. The summed E-state index contributed by atoms with van der Waals surface area (Å²) >= 11 is 0. The minimum Gasteiger partial charge on any atom is -0.487 e. The zero-order valence-corrected chi connectivity index (χ0v) is 17.0. The molecule has 0 heterocycles. The Morgan fingerprint density at radius 2 is 1.68 bits per heavy atom. The molecule has 0 aliphatic rings. The standard InChI is InChI=1S/C25H23FO5/c1-17-22(25(29)31-19-11-6-3-7-12-19)24(30-16-18-9-4-2-5-10-18)20(13-8-14-27)21(15-28)23(17)26/h2-13,27-28H,14-16H2,1H3/b13-8+. The highest BCUT2D eigenvalue weighted by molar-refractivity contribution is 5.97. The van der Waals surface area contributed by atoms with Gasteiger partial charge >= 0.3 is 5.97 Å². The molecule has 0 amide bonds. The van der Waals surface area contributed by atoms with Gasteiger partial charge in [-0.1, -0.05) is 60.7 Å². The van der Waals surface area contributed by atoms with Crippen molar-refractivity contribution in [3.05, 3.63) is 100 Å². The second kappa shape index (κ2) is 10.5. The van der Waals surface area contributed by atoms with Crippen LogP contribution in [0.2, 0.25) is 0 Å². The molecule has 0 atom stereocenters. The highest BCUT2D eigenvalue weighted by Crippen LogP contribution is 2.36. The van der Waals surface area contributed by atoms with Crippen molar-refractivity contribution in [1.82, 2.24) is 0 Å². The molecule has 160 valence electrons. The fraction of sp³-hybridized carbons (Fsp3) is 0.160. The average molecular weight is 422 g/mol. The molecule has 3 aromatic rings. The van der Waals surface area contributed by atoms with Crippen molar-refractivity contribution in [2.24, 2.45) is 0 Å². The molecule has 6 heteroatoms. The number of halogens is 1. The van der Waals surface area contributed by atoms with Crippen LogP contribution >= 0.6 is 0 Å². The van der Waals surface area contributed by atoms with Gasteiger partial charge in [0.2, 0.25) is 0 Å². The van der Waals surface area contributed by atoms with E-state index in [1.165, 1.54) is 19.1 Å². The Morgan fingerprint density at radius 1 is 1.03 bits per heavy atom. The van der Waals surface area contributed by atoms with Crippen molar-refractivity contribution in [1.29, 1.82) is 0 Å². The van der Waals surface area contributed by atoms with Gasteiger partial charge in [-0.05, 0) is 24.6 Å². The molecular formula is C25H23FO5. The molecule has 0 unspecified atom stereocenters. The Labute approximate surface area is 180 Å². The van der Waals surface area contributed by atoms with E-state index in [2.05, 4.69) is 0 Å². The highest BCUT2D eigenvalue weighted by Gasteiger charge is 2.27. The lowest BCUT2D eigenvalue weighted by molar-refractivity contribution is 0.0728. The maximum absolute atomic E-state index is 15.1. The van der Waals surface area contributed by atoms with Crippen molar-refractivity contribution in [3.8, 4) is 11.5 Å². The van der Waals surface area contributed by atoms with Gasteiger partial charge < -0.3 is 19.7 Å². The molecule has 0 spiro atoms. The Kier molecular flexibility index (Phi) is 7.54. The summed E-state index contributed by atoms with van der Waals surface area (Å²) in [5, 5.41) is 19.0. The van der Waals surface area contributed by atoms with E-state index in [4.69, 9.17) is 9.47 Å². The number of rotatable bonds is 8. The first-order chi connectivity index (χ1) is 15.1. The lowest BCUT2D eigenvalue weighted by Gasteiger charge is -2.20. The van der Waals surface area contributed by atoms with Crippen LogP contribution < -0.4 is 9.47 Å². The second-order valence-electron chi connectivity index (χ2n) is 6.76. The van der Waals surface area contributed by atoms with Crippen LogP contribution in [-0.2, 0) is 13.2 Å². The van der Waals surface area contributed by atoms with Gasteiger partial charge in [0.15, 0.2) is 0 Å². The Balaban J connectivity index is 2.12. The first-order valence-corrected chi connectivity index (χ1v) is 9.74. The summed E-state index contributed by atoms with van der Waals surface area (Å²) in [6.07, 6.45) is 2.80. The van der Waals surface area contributed by atoms with E-state index < -0.39 is 18.4 Å². The molecule has 3 rings (SSSR count). The summed E-state index contributed by atoms with van der Waals surface area (Å²) in [5.74, 6) is -1.13. The van der Waals surface area contributed by atoms with Crippen molar-refractivity contribution in [2.45, 2.75) is 20.1 Å². The number of aliphatic hydroxyl groups excluding tert-OH is 2. The number of hydrogen-bond donors (Lipinski definition) is 2. The normalized spacial score (nSPS) is 11.0. The van der Waals surface area contributed by atoms with Gasteiger partial charge in [-0.15, -0.1) is 0 Å². The molecule has 0 aliphatic carbocycles. The molecule has 0 aromatic heterocycles. The molecule has 0 radical (unpaired) electrons. The summed E-state index contributed by atoms with van der Waals surface area (Å²) in [5.41, 5.74) is 0.924. The number of carbonyl (C=O) groups excluding carboxylic acids is 1. The summed E-state index contributed by atoms with van der Waals surface area (Å²) in [6.45, 7) is 0.642. The third kappa shape index (κ3) is 5.17. The lowest BCUT2D eigenvalue weighted by atomic mass is 9.96. The minimum atomic E-state index is -0.784. The van der Waals surface area contributed by atoms with Gasteiger partial charge in [-0.25, -0.2) is 9.18 Å². The van der Waals surface area contributed by atoms with Gasteiger partial charge in [0, 0.05) is 16.7 Å². The largest absolute Gasteiger partial charge is 0.487 e.